The molecular weight excluding hydrogens is 250 g/mol. The fourth-order valence-electron chi connectivity index (χ4n) is 2.92. The molecule has 1 atom stereocenters. The topological polar surface area (TPSA) is 49.0 Å². The van der Waals surface area contributed by atoms with Gasteiger partial charge in [0.05, 0.1) is 11.3 Å². The van der Waals surface area contributed by atoms with Crippen molar-refractivity contribution in [1.29, 1.82) is 0 Å². The van der Waals surface area contributed by atoms with Gasteiger partial charge in [0, 0.05) is 25.6 Å². The highest BCUT2D eigenvalue weighted by atomic mass is 16.1. The number of nitrogens with one attached hydrogen (secondary N) is 1. The minimum atomic E-state index is 0.0112. The third-order valence-corrected chi connectivity index (χ3v) is 3.80. The zero-order chi connectivity index (χ0) is 14.1. The molecule has 0 radical (unpaired) electrons. The molecular formula is C16H19N3O. The van der Waals surface area contributed by atoms with E-state index in [1.165, 1.54) is 5.56 Å². The molecule has 1 N–H and O–H groups in total. The molecule has 1 aromatic heterocycles. The zero-order valence-corrected chi connectivity index (χ0v) is 11.9. The van der Waals surface area contributed by atoms with Crippen LogP contribution in [0.25, 0.3) is 0 Å². The van der Waals surface area contributed by atoms with Crippen LogP contribution in [0, 0.1) is 6.92 Å². The summed E-state index contributed by atoms with van der Waals surface area (Å²) in [5, 5.41) is 0. The molecule has 4 nitrogen and oxygen atoms in total. The Morgan fingerprint density at radius 2 is 2.10 bits per heavy atom. The first kappa shape index (κ1) is 13.1. The van der Waals surface area contributed by atoms with Gasteiger partial charge in [-0.05, 0) is 12.5 Å². The summed E-state index contributed by atoms with van der Waals surface area (Å²) in [6.07, 6.45) is 0. The average Bonchev–Trinajstić information content (AvgIpc) is 2.41. The summed E-state index contributed by atoms with van der Waals surface area (Å²) < 4.78 is 0. The van der Waals surface area contributed by atoms with Crippen molar-refractivity contribution >= 4 is 0 Å². The van der Waals surface area contributed by atoms with Crippen LogP contribution in [0.15, 0.2) is 35.1 Å². The number of hydrogen-bond acceptors (Lipinski definition) is 3. The van der Waals surface area contributed by atoms with Gasteiger partial charge in [0.2, 0.25) is 0 Å². The van der Waals surface area contributed by atoms with Gasteiger partial charge in [-0.15, -0.1) is 0 Å². The van der Waals surface area contributed by atoms with Crippen LogP contribution in [0.4, 0.5) is 0 Å². The van der Waals surface area contributed by atoms with Gasteiger partial charge in [-0.1, -0.05) is 37.3 Å². The molecule has 0 aliphatic carbocycles. The van der Waals surface area contributed by atoms with Gasteiger partial charge in [-0.2, -0.15) is 0 Å². The molecule has 0 fully saturated rings. The summed E-state index contributed by atoms with van der Waals surface area (Å²) in [5.74, 6) is 1.00. The van der Waals surface area contributed by atoms with Gasteiger partial charge in [0.1, 0.15) is 5.82 Å². The number of benzene rings is 1. The van der Waals surface area contributed by atoms with Crippen molar-refractivity contribution in [2.75, 3.05) is 6.54 Å². The van der Waals surface area contributed by atoms with Crippen molar-refractivity contribution in [3.8, 4) is 0 Å². The SMILES string of the molecule is Cc1nc2c(c(=O)[nH]1)CN(Cc1ccccc1)CC2C. The van der Waals surface area contributed by atoms with Crippen LogP contribution < -0.4 is 5.56 Å². The third kappa shape index (κ3) is 2.51. The van der Waals surface area contributed by atoms with E-state index in [2.05, 4.69) is 33.9 Å². The zero-order valence-electron chi connectivity index (χ0n) is 11.9. The first-order chi connectivity index (χ1) is 9.63. The van der Waals surface area contributed by atoms with Crippen LogP contribution in [0.2, 0.25) is 0 Å². The van der Waals surface area contributed by atoms with Gasteiger partial charge < -0.3 is 4.98 Å². The minimum Gasteiger partial charge on any atom is -0.310 e. The predicted octanol–water partition coefficient (Wildman–Crippen LogP) is 2.20. The molecule has 104 valence electrons. The molecule has 0 bridgehead atoms. The molecule has 1 aliphatic rings. The summed E-state index contributed by atoms with van der Waals surface area (Å²) in [5.41, 5.74) is 3.08. The van der Waals surface area contributed by atoms with Crippen LogP contribution in [-0.2, 0) is 13.1 Å². The molecule has 0 saturated carbocycles. The van der Waals surface area contributed by atoms with Crippen molar-refractivity contribution in [3.63, 3.8) is 0 Å². The number of aromatic amines is 1. The smallest absolute Gasteiger partial charge is 0.255 e. The molecule has 0 saturated heterocycles. The number of aromatic nitrogens is 2. The Morgan fingerprint density at radius 1 is 1.35 bits per heavy atom. The molecule has 20 heavy (non-hydrogen) atoms. The Bertz CT molecular complexity index is 663. The lowest BCUT2D eigenvalue weighted by Gasteiger charge is -2.31. The monoisotopic (exact) mass is 269 g/mol. The van der Waals surface area contributed by atoms with E-state index in [1.54, 1.807) is 0 Å². The second-order valence-electron chi connectivity index (χ2n) is 5.57. The maximum Gasteiger partial charge on any atom is 0.255 e. The number of H-pyrrole nitrogens is 1. The van der Waals surface area contributed by atoms with E-state index in [9.17, 15) is 4.79 Å². The van der Waals surface area contributed by atoms with Crippen LogP contribution in [-0.4, -0.2) is 21.4 Å². The summed E-state index contributed by atoms with van der Waals surface area (Å²) in [7, 11) is 0. The third-order valence-electron chi connectivity index (χ3n) is 3.80. The number of hydrogen-bond donors (Lipinski definition) is 1. The Morgan fingerprint density at radius 3 is 2.85 bits per heavy atom. The quantitative estimate of drug-likeness (QED) is 0.909. The maximum atomic E-state index is 12.1. The van der Waals surface area contributed by atoms with Crippen molar-refractivity contribution in [3.05, 3.63) is 63.3 Å². The molecule has 1 aromatic carbocycles. The molecule has 1 unspecified atom stereocenters. The lowest BCUT2D eigenvalue weighted by molar-refractivity contribution is 0.222. The average molecular weight is 269 g/mol. The van der Waals surface area contributed by atoms with Crippen LogP contribution >= 0.6 is 0 Å². The first-order valence-corrected chi connectivity index (χ1v) is 6.99. The van der Waals surface area contributed by atoms with Gasteiger partial charge in [0.25, 0.3) is 5.56 Å². The lowest BCUT2D eigenvalue weighted by atomic mass is 9.96. The second-order valence-corrected chi connectivity index (χ2v) is 5.57. The van der Waals surface area contributed by atoms with E-state index in [0.717, 1.165) is 24.3 Å². The molecule has 3 rings (SSSR count). The highest BCUT2D eigenvalue weighted by Gasteiger charge is 2.26. The van der Waals surface area contributed by atoms with E-state index in [4.69, 9.17) is 0 Å². The summed E-state index contributed by atoms with van der Waals surface area (Å²) in [6, 6.07) is 10.4. The van der Waals surface area contributed by atoms with E-state index in [1.807, 2.05) is 25.1 Å². The van der Waals surface area contributed by atoms with Gasteiger partial charge in [-0.3, -0.25) is 9.69 Å². The van der Waals surface area contributed by atoms with Crippen molar-refractivity contribution in [2.45, 2.75) is 32.9 Å². The first-order valence-electron chi connectivity index (χ1n) is 6.99. The number of aryl methyl sites for hydroxylation is 1. The van der Waals surface area contributed by atoms with Crippen LogP contribution in [0.3, 0.4) is 0 Å². The van der Waals surface area contributed by atoms with E-state index in [-0.39, 0.29) is 5.56 Å². The fraction of sp³-hybridized carbons (Fsp3) is 0.375. The molecule has 0 amide bonds. The summed E-state index contributed by atoms with van der Waals surface area (Å²) >= 11 is 0. The molecule has 2 aromatic rings. The van der Waals surface area contributed by atoms with E-state index < -0.39 is 0 Å². The Balaban J connectivity index is 1.87. The maximum absolute atomic E-state index is 12.1. The number of fused-ring (bicyclic) bond motifs is 1. The van der Waals surface area contributed by atoms with Crippen LogP contribution in [0.1, 0.15) is 35.5 Å². The molecule has 4 heteroatoms. The second kappa shape index (κ2) is 5.21. The van der Waals surface area contributed by atoms with E-state index in [0.29, 0.717) is 18.3 Å². The van der Waals surface area contributed by atoms with Crippen molar-refractivity contribution in [2.24, 2.45) is 0 Å². The Kier molecular flexibility index (Phi) is 3.40. The van der Waals surface area contributed by atoms with Gasteiger partial charge in [0.15, 0.2) is 0 Å². The standard InChI is InChI=1S/C16H19N3O/c1-11-8-19(9-13-6-4-3-5-7-13)10-14-15(11)17-12(2)18-16(14)20/h3-7,11H,8-10H2,1-2H3,(H,17,18,20). The van der Waals surface area contributed by atoms with Crippen molar-refractivity contribution < 1.29 is 0 Å². The van der Waals surface area contributed by atoms with Crippen molar-refractivity contribution in [1.82, 2.24) is 14.9 Å². The lowest BCUT2D eigenvalue weighted by Crippen LogP contribution is -2.37. The molecule has 2 heterocycles. The van der Waals surface area contributed by atoms with Gasteiger partial charge >= 0.3 is 0 Å². The van der Waals surface area contributed by atoms with Gasteiger partial charge in [-0.25, -0.2) is 4.98 Å². The Hall–Kier alpha value is -1.94. The summed E-state index contributed by atoms with van der Waals surface area (Å²) in [6.45, 7) is 6.47. The summed E-state index contributed by atoms with van der Waals surface area (Å²) in [4.78, 5) is 21.7. The predicted molar refractivity (Wildman–Crippen MR) is 78.6 cm³/mol. The highest BCUT2D eigenvalue weighted by molar-refractivity contribution is 5.25. The van der Waals surface area contributed by atoms with Crippen LogP contribution in [0.5, 0.6) is 0 Å². The highest BCUT2D eigenvalue weighted by Crippen LogP contribution is 2.25. The fourth-order valence-corrected chi connectivity index (χ4v) is 2.92. The van der Waals surface area contributed by atoms with E-state index >= 15 is 0 Å². The molecule has 1 aliphatic heterocycles. The molecule has 0 spiro atoms. The largest absolute Gasteiger partial charge is 0.310 e. The Labute approximate surface area is 118 Å². The number of nitrogens with zero attached hydrogens (tertiary/aromatic N) is 2. The number of rotatable bonds is 2. The normalized spacial score (nSPS) is 18.8. The minimum absolute atomic E-state index is 0.0112.